The number of aliphatic imine (C=N–C) groups is 1. The number of hydrogen-bond donors (Lipinski definition) is 1. The number of carboxylic acids is 1. The number of nitrogens with zero attached hydrogens (tertiary/aromatic N) is 3. The van der Waals surface area contributed by atoms with Crippen LogP contribution in [0.25, 0.3) is 6.08 Å². The number of rotatable bonds is 7. The van der Waals surface area contributed by atoms with Crippen molar-refractivity contribution in [3.05, 3.63) is 101 Å². The Morgan fingerprint density at radius 3 is 2.46 bits per heavy atom. The number of thioether (sulfide) groups is 1. The van der Waals surface area contributed by atoms with Gasteiger partial charge in [0.05, 0.1) is 30.0 Å². The van der Waals surface area contributed by atoms with E-state index in [0.29, 0.717) is 30.5 Å². The number of amides is 1. The fraction of sp³-hybridized carbons (Fsp3) is 0.0800. The van der Waals surface area contributed by atoms with Gasteiger partial charge in [-0.2, -0.15) is 0 Å². The zero-order chi connectivity index (χ0) is 26.7. The zero-order valence-electron chi connectivity index (χ0n) is 19.1. The number of carbonyl (C=O) groups excluding carboxylic acids is 1. The third-order valence-corrected chi connectivity index (χ3v) is 7.41. The average Bonchev–Trinajstić information content (AvgIpc) is 3.11. The largest absolute Gasteiger partial charge is 0.487 e. The van der Waals surface area contributed by atoms with Gasteiger partial charge >= 0.3 is 5.97 Å². The van der Waals surface area contributed by atoms with Crippen LogP contribution in [0.3, 0.4) is 0 Å². The predicted molar refractivity (Wildman–Crippen MR) is 148 cm³/mol. The van der Waals surface area contributed by atoms with Crippen LogP contribution in [0.5, 0.6) is 5.75 Å². The molecule has 3 aromatic carbocycles. The molecule has 0 radical (unpaired) electrons. The van der Waals surface area contributed by atoms with Crippen LogP contribution in [0.4, 0.5) is 11.4 Å². The summed E-state index contributed by atoms with van der Waals surface area (Å²) in [5, 5.41) is 20.4. The van der Waals surface area contributed by atoms with Crippen molar-refractivity contribution in [2.75, 3.05) is 7.05 Å². The predicted octanol–water partition coefficient (Wildman–Crippen LogP) is 6.63. The molecule has 3 aromatic rings. The molecule has 0 atom stereocenters. The van der Waals surface area contributed by atoms with Crippen LogP contribution in [-0.2, 0) is 11.4 Å². The maximum atomic E-state index is 12.8. The van der Waals surface area contributed by atoms with Crippen molar-refractivity contribution in [2.45, 2.75) is 6.61 Å². The molecular formula is C25H17Br2N3O6S. The Bertz CT molecular complexity index is 1450. The molecular weight excluding hydrogens is 630 g/mol. The molecule has 9 nitrogen and oxygen atoms in total. The topological polar surface area (TPSA) is 122 Å². The maximum Gasteiger partial charge on any atom is 0.335 e. The SMILES string of the molecule is CN1C(=O)/C(=C/c2cc(Br)c(OCc3ccc([N+](=O)[O-])cc3)c(Br)c2)SC1=Nc1cccc(C(=O)O)c1. The van der Waals surface area contributed by atoms with Crippen molar-refractivity contribution in [3.8, 4) is 5.75 Å². The fourth-order valence-corrected chi connectivity index (χ4v) is 5.73. The number of amidine groups is 1. The Morgan fingerprint density at radius 2 is 1.84 bits per heavy atom. The van der Waals surface area contributed by atoms with Crippen molar-refractivity contribution in [3.63, 3.8) is 0 Å². The summed E-state index contributed by atoms with van der Waals surface area (Å²) in [4.78, 5) is 40.7. The van der Waals surface area contributed by atoms with E-state index in [0.717, 1.165) is 11.1 Å². The molecule has 1 amide bonds. The van der Waals surface area contributed by atoms with Gasteiger partial charge in [-0.05, 0) is 103 Å². The minimum absolute atomic E-state index is 0.00968. The summed E-state index contributed by atoms with van der Waals surface area (Å²) in [7, 11) is 1.61. The minimum Gasteiger partial charge on any atom is -0.487 e. The van der Waals surface area contributed by atoms with E-state index in [1.54, 1.807) is 37.4 Å². The molecule has 0 saturated carbocycles. The zero-order valence-corrected chi connectivity index (χ0v) is 23.0. The second-order valence-electron chi connectivity index (χ2n) is 7.75. The molecule has 1 fully saturated rings. The van der Waals surface area contributed by atoms with Crippen molar-refractivity contribution < 1.29 is 24.4 Å². The molecule has 188 valence electrons. The van der Waals surface area contributed by atoms with Crippen molar-refractivity contribution >= 4 is 78.1 Å². The Labute approximate surface area is 232 Å². The summed E-state index contributed by atoms with van der Waals surface area (Å²) < 4.78 is 7.20. The van der Waals surface area contributed by atoms with Gasteiger partial charge in [-0.3, -0.25) is 19.8 Å². The summed E-state index contributed by atoms with van der Waals surface area (Å²) in [5.41, 5.74) is 2.06. The number of carbonyl (C=O) groups is 2. The molecule has 1 N–H and O–H groups in total. The maximum absolute atomic E-state index is 12.8. The van der Waals surface area contributed by atoms with E-state index < -0.39 is 10.9 Å². The smallest absolute Gasteiger partial charge is 0.335 e. The van der Waals surface area contributed by atoms with Gasteiger partial charge in [0.1, 0.15) is 12.4 Å². The number of ether oxygens (including phenoxy) is 1. The Morgan fingerprint density at radius 1 is 1.16 bits per heavy atom. The first kappa shape index (κ1) is 26.6. The second-order valence-corrected chi connectivity index (χ2v) is 10.5. The minimum atomic E-state index is -1.05. The molecule has 1 saturated heterocycles. The Kier molecular flexibility index (Phi) is 8.10. The number of non-ortho nitro benzene ring substituents is 1. The van der Waals surface area contributed by atoms with E-state index in [9.17, 15) is 24.8 Å². The molecule has 12 heteroatoms. The van der Waals surface area contributed by atoms with E-state index in [2.05, 4.69) is 36.9 Å². The molecule has 0 aliphatic carbocycles. The molecule has 1 aliphatic heterocycles. The summed E-state index contributed by atoms with van der Waals surface area (Å²) in [6.07, 6.45) is 1.73. The third kappa shape index (κ3) is 6.27. The van der Waals surface area contributed by atoms with Gasteiger partial charge in [0.15, 0.2) is 5.17 Å². The first-order valence-corrected chi connectivity index (χ1v) is 13.0. The molecule has 1 heterocycles. The highest BCUT2D eigenvalue weighted by Crippen LogP contribution is 2.38. The number of benzene rings is 3. The summed E-state index contributed by atoms with van der Waals surface area (Å²) in [6.45, 7) is 0.206. The van der Waals surface area contributed by atoms with Crippen LogP contribution in [0, 0.1) is 10.1 Å². The Hall–Kier alpha value is -3.48. The highest BCUT2D eigenvalue weighted by molar-refractivity contribution is 9.11. The Balaban J connectivity index is 1.51. The normalized spacial score (nSPS) is 15.4. The number of aromatic carboxylic acids is 1. The van der Waals surface area contributed by atoms with Crippen LogP contribution in [0.2, 0.25) is 0 Å². The third-order valence-electron chi connectivity index (χ3n) is 5.17. The highest BCUT2D eigenvalue weighted by atomic mass is 79.9. The first-order chi connectivity index (χ1) is 17.6. The van der Waals surface area contributed by atoms with E-state index in [-0.39, 0.29) is 23.8 Å². The van der Waals surface area contributed by atoms with Gasteiger partial charge in [0.25, 0.3) is 11.6 Å². The van der Waals surface area contributed by atoms with Gasteiger partial charge in [-0.15, -0.1) is 0 Å². The van der Waals surface area contributed by atoms with Crippen molar-refractivity contribution in [2.24, 2.45) is 4.99 Å². The van der Waals surface area contributed by atoms with E-state index >= 15 is 0 Å². The van der Waals surface area contributed by atoms with Crippen LogP contribution < -0.4 is 4.74 Å². The second kappa shape index (κ2) is 11.3. The summed E-state index contributed by atoms with van der Waals surface area (Å²) >= 11 is 8.20. The molecule has 0 spiro atoms. The highest BCUT2D eigenvalue weighted by Gasteiger charge is 2.30. The van der Waals surface area contributed by atoms with Crippen LogP contribution in [0.15, 0.2) is 79.5 Å². The first-order valence-electron chi connectivity index (χ1n) is 10.6. The standard InChI is InChI=1S/C25H17Br2N3O6S/c1-29-23(31)21(37-25(29)28-17-4-2-3-16(12-17)24(32)33)11-15-9-19(26)22(20(27)10-15)36-13-14-5-7-18(8-6-14)30(34)35/h2-12H,13H2,1H3,(H,32,33)/b21-11-,28-25?. The average molecular weight is 647 g/mol. The van der Waals surface area contributed by atoms with Crippen LogP contribution in [0.1, 0.15) is 21.5 Å². The fourth-order valence-electron chi connectivity index (χ4n) is 3.29. The number of halogens is 2. The van der Waals surface area contributed by atoms with E-state index in [1.165, 1.54) is 40.9 Å². The van der Waals surface area contributed by atoms with E-state index in [1.807, 2.05) is 12.1 Å². The lowest BCUT2D eigenvalue weighted by Gasteiger charge is -2.11. The van der Waals surface area contributed by atoms with Crippen LogP contribution >= 0.6 is 43.6 Å². The van der Waals surface area contributed by atoms with E-state index in [4.69, 9.17) is 4.74 Å². The molecule has 37 heavy (non-hydrogen) atoms. The van der Waals surface area contributed by atoms with Gasteiger partial charge in [0, 0.05) is 19.2 Å². The van der Waals surface area contributed by atoms with Gasteiger partial charge in [0.2, 0.25) is 0 Å². The molecule has 0 unspecified atom stereocenters. The van der Waals surface area contributed by atoms with Crippen molar-refractivity contribution in [1.82, 2.24) is 4.90 Å². The number of hydrogen-bond acceptors (Lipinski definition) is 7. The molecule has 0 aromatic heterocycles. The summed E-state index contributed by atoms with van der Waals surface area (Å²) in [6, 6.07) is 15.9. The lowest BCUT2D eigenvalue weighted by Crippen LogP contribution is -2.23. The number of likely N-dealkylation sites (N-methyl/N-ethyl adjacent to an activating group) is 1. The lowest BCUT2D eigenvalue weighted by molar-refractivity contribution is -0.384. The quantitative estimate of drug-likeness (QED) is 0.174. The van der Waals surface area contributed by atoms with Gasteiger partial charge in [-0.25, -0.2) is 9.79 Å². The van der Waals surface area contributed by atoms with Gasteiger partial charge < -0.3 is 9.84 Å². The molecule has 0 bridgehead atoms. The lowest BCUT2D eigenvalue weighted by atomic mass is 10.2. The molecule has 4 rings (SSSR count). The molecule has 1 aliphatic rings. The van der Waals surface area contributed by atoms with Gasteiger partial charge in [-0.1, -0.05) is 6.07 Å². The number of carboxylic acid groups (broad SMARTS) is 1. The summed E-state index contributed by atoms with van der Waals surface area (Å²) in [5.74, 6) is -0.741. The number of nitro groups is 1. The van der Waals surface area contributed by atoms with Crippen molar-refractivity contribution in [1.29, 1.82) is 0 Å². The number of nitro benzene ring substituents is 1. The van der Waals surface area contributed by atoms with Crippen LogP contribution in [-0.4, -0.2) is 39.0 Å². The monoisotopic (exact) mass is 645 g/mol.